The van der Waals surface area contributed by atoms with Gasteiger partial charge in [-0.15, -0.1) is 0 Å². The molecule has 1 aliphatic heterocycles. The third-order valence-corrected chi connectivity index (χ3v) is 6.48. The lowest BCUT2D eigenvalue weighted by molar-refractivity contribution is 0.438. The van der Waals surface area contributed by atoms with E-state index >= 15 is 0 Å². The monoisotopic (exact) mass is 302 g/mol. The van der Waals surface area contributed by atoms with Gasteiger partial charge in [-0.3, -0.25) is 4.21 Å². The fraction of sp³-hybridized carbons (Fsp3) is 0.500. The highest BCUT2D eigenvalue weighted by Crippen LogP contribution is 2.20. The number of aryl methyl sites for hydroxylation is 1. The molecule has 0 aromatic heterocycles. The van der Waals surface area contributed by atoms with Crippen molar-refractivity contribution in [2.24, 2.45) is 5.73 Å². The smallest absolute Gasteiger partial charge is 0.243 e. The van der Waals surface area contributed by atoms with Gasteiger partial charge in [0.1, 0.15) is 0 Å². The van der Waals surface area contributed by atoms with Gasteiger partial charge < -0.3 is 5.73 Å². The first-order valence-corrected chi connectivity index (χ1v) is 9.02. The van der Waals surface area contributed by atoms with Crippen LogP contribution in [0.5, 0.6) is 0 Å². The van der Waals surface area contributed by atoms with Crippen molar-refractivity contribution < 1.29 is 12.6 Å². The van der Waals surface area contributed by atoms with E-state index in [0.29, 0.717) is 31.1 Å². The van der Waals surface area contributed by atoms with Crippen LogP contribution in [0.4, 0.5) is 0 Å². The Kier molecular flexibility index (Phi) is 4.39. The number of nitrogens with zero attached hydrogens (tertiary/aromatic N) is 1. The maximum Gasteiger partial charge on any atom is 0.243 e. The van der Waals surface area contributed by atoms with Crippen molar-refractivity contribution in [3.63, 3.8) is 0 Å². The molecule has 0 amide bonds. The van der Waals surface area contributed by atoms with Gasteiger partial charge in [0, 0.05) is 41.9 Å². The minimum atomic E-state index is -3.47. The van der Waals surface area contributed by atoms with Crippen LogP contribution < -0.4 is 5.73 Å². The molecular formula is C12H18N2O3S2. The second-order valence-electron chi connectivity index (χ2n) is 4.54. The Morgan fingerprint density at radius 3 is 2.47 bits per heavy atom. The quantitative estimate of drug-likeness (QED) is 0.865. The molecule has 106 valence electrons. The fourth-order valence-corrected chi connectivity index (χ4v) is 4.88. The molecular weight excluding hydrogens is 284 g/mol. The Balaban J connectivity index is 2.29. The first-order valence-electron chi connectivity index (χ1n) is 6.10. The molecule has 0 spiro atoms. The Bertz CT molecular complexity index is 589. The number of nitrogens with two attached hydrogens (primary N) is 1. The predicted octanol–water partition coefficient (Wildman–Crippen LogP) is 0.207. The summed E-state index contributed by atoms with van der Waals surface area (Å²) in [7, 11) is -4.36. The van der Waals surface area contributed by atoms with Gasteiger partial charge in [0.2, 0.25) is 10.0 Å². The number of sulfonamides is 1. The fourth-order valence-electron chi connectivity index (χ4n) is 2.07. The van der Waals surface area contributed by atoms with Crippen molar-refractivity contribution in [1.82, 2.24) is 4.31 Å². The highest BCUT2D eigenvalue weighted by Gasteiger charge is 2.28. The first-order chi connectivity index (χ1) is 8.95. The van der Waals surface area contributed by atoms with Crippen molar-refractivity contribution in [1.29, 1.82) is 0 Å². The van der Waals surface area contributed by atoms with Crippen LogP contribution in [0.3, 0.4) is 0 Å². The summed E-state index contributed by atoms with van der Waals surface area (Å²) in [5.41, 5.74) is 7.40. The summed E-state index contributed by atoms with van der Waals surface area (Å²) in [5, 5.41) is 0. The van der Waals surface area contributed by atoms with E-state index in [-0.39, 0.29) is 4.90 Å². The predicted molar refractivity (Wildman–Crippen MR) is 75.7 cm³/mol. The third-order valence-electron chi connectivity index (χ3n) is 3.31. The largest absolute Gasteiger partial charge is 0.326 e. The summed E-state index contributed by atoms with van der Waals surface area (Å²) in [6.45, 7) is 2.90. The maximum absolute atomic E-state index is 12.4. The zero-order chi connectivity index (χ0) is 14.0. The molecule has 0 bridgehead atoms. The van der Waals surface area contributed by atoms with Crippen molar-refractivity contribution in [3.05, 3.63) is 29.3 Å². The summed E-state index contributed by atoms with van der Waals surface area (Å²) in [4.78, 5) is 0.287. The van der Waals surface area contributed by atoms with Crippen LogP contribution in [0.25, 0.3) is 0 Å². The lowest BCUT2D eigenvalue weighted by atomic mass is 10.1. The summed E-state index contributed by atoms with van der Waals surface area (Å²) >= 11 is 0. The van der Waals surface area contributed by atoms with E-state index < -0.39 is 20.8 Å². The van der Waals surface area contributed by atoms with Gasteiger partial charge in [0.15, 0.2) is 0 Å². The Labute approximate surface area is 116 Å². The van der Waals surface area contributed by atoms with E-state index in [1.54, 1.807) is 18.2 Å². The zero-order valence-electron chi connectivity index (χ0n) is 10.8. The number of hydrogen-bond acceptors (Lipinski definition) is 4. The highest BCUT2D eigenvalue weighted by atomic mass is 32.2. The van der Waals surface area contributed by atoms with Gasteiger partial charge in [0.25, 0.3) is 0 Å². The van der Waals surface area contributed by atoms with E-state index in [4.69, 9.17) is 5.73 Å². The Hall–Kier alpha value is -0.760. The van der Waals surface area contributed by atoms with Crippen LogP contribution in [0, 0.1) is 6.92 Å². The second-order valence-corrected chi connectivity index (χ2v) is 8.18. The van der Waals surface area contributed by atoms with E-state index in [9.17, 15) is 12.6 Å². The van der Waals surface area contributed by atoms with Crippen LogP contribution in [-0.4, -0.2) is 41.5 Å². The second kappa shape index (κ2) is 5.70. The van der Waals surface area contributed by atoms with Gasteiger partial charge in [-0.1, -0.05) is 6.07 Å². The molecule has 1 fully saturated rings. The molecule has 1 aromatic rings. The van der Waals surface area contributed by atoms with Crippen LogP contribution in [0.15, 0.2) is 23.1 Å². The molecule has 0 aliphatic carbocycles. The molecule has 1 aromatic carbocycles. The van der Waals surface area contributed by atoms with Crippen LogP contribution in [-0.2, 0) is 27.4 Å². The molecule has 0 radical (unpaired) electrons. The van der Waals surface area contributed by atoms with E-state index in [0.717, 1.165) is 11.1 Å². The summed E-state index contributed by atoms with van der Waals surface area (Å²) < 4.78 is 37.6. The first kappa shape index (κ1) is 14.6. The minimum Gasteiger partial charge on any atom is -0.326 e. The number of rotatable bonds is 3. The van der Waals surface area contributed by atoms with Crippen molar-refractivity contribution >= 4 is 20.8 Å². The average molecular weight is 302 g/mol. The third kappa shape index (κ3) is 3.05. The highest BCUT2D eigenvalue weighted by molar-refractivity contribution is 7.89. The molecule has 0 saturated carbocycles. The normalized spacial score (nSPS) is 18.6. The van der Waals surface area contributed by atoms with E-state index in [1.165, 1.54) is 4.31 Å². The van der Waals surface area contributed by atoms with Gasteiger partial charge in [0.05, 0.1) is 4.90 Å². The minimum absolute atomic E-state index is 0.287. The van der Waals surface area contributed by atoms with Crippen molar-refractivity contribution in [3.8, 4) is 0 Å². The van der Waals surface area contributed by atoms with Crippen molar-refractivity contribution in [2.75, 3.05) is 24.6 Å². The SMILES string of the molecule is Cc1cc(S(=O)(=O)N2CCS(=O)CC2)ccc1CN. The number of hydrogen-bond donors (Lipinski definition) is 1. The molecule has 2 rings (SSSR count). The summed E-state index contributed by atoms with van der Waals surface area (Å²) in [6.07, 6.45) is 0. The zero-order valence-corrected chi connectivity index (χ0v) is 12.5. The standard InChI is InChI=1S/C12H18N2O3S2/c1-10-8-12(3-2-11(10)9-13)19(16,17)14-4-6-18(15)7-5-14/h2-3,8H,4-7,9,13H2,1H3. The molecule has 1 saturated heterocycles. The van der Waals surface area contributed by atoms with Gasteiger partial charge in [-0.05, 0) is 30.2 Å². The maximum atomic E-state index is 12.4. The van der Waals surface area contributed by atoms with E-state index in [2.05, 4.69) is 0 Å². The molecule has 1 heterocycles. The number of benzene rings is 1. The summed E-state index contributed by atoms with van der Waals surface area (Å²) in [5.74, 6) is 0.832. The van der Waals surface area contributed by atoms with Gasteiger partial charge >= 0.3 is 0 Å². The Morgan fingerprint density at radius 1 is 1.32 bits per heavy atom. The van der Waals surface area contributed by atoms with Gasteiger partial charge in [-0.2, -0.15) is 4.31 Å². The van der Waals surface area contributed by atoms with Crippen molar-refractivity contribution in [2.45, 2.75) is 18.4 Å². The molecule has 7 heteroatoms. The summed E-state index contributed by atoms with van der Waals surface area (Å²) in [6, 6.07) is 5.00. The molecule has 0 unspecified atom stereocenters. The van der Waals surface area contributed by atoms with Gasteiger partial charge in [-0.25, -0.2) is 8.42 Å². The molecule has 0 atom stereocenters. The van der Waals surface area contributed by atoms with Crippen LogP contribution >= 0.6 is 0 Å². The van der Waals surface area contributed by atoms with Crippen LogP contribution in [0.1, 0.15) is 11.1 Å². The average Bonchev–Trinajstić information content (AvgIpc) is 2.39. The molecule has 5 nitrogen and oxygen atoms in total. The topological polar surface area (TPSA) is 80.5 Å². The Morgan fingerprint density at radius 2 is 1.95 bits per heavy atom. The molecule has 2 N–H and O–H groups in total. The van der Waals surface area contributed by atoms with Crippen LogP contribution in [0.2, 0.25) is 0 Å². The van der Waals surface area contributed by atoms with E-state index in [1.807, 2.05) is 6.92 Å². The molecule has 19 heavy (non-hydrogen) atoms. The lowest BCUT2D eigenvalue weighted by Crippen LogP contribution is -2.41. The lowest BCUT2D eigenvalue weighted by Gasteiger charge is -2.25. The molecule has 1 aliphatic rings.